The minimum absolute atomic E-state index is 0.0630. The van der Waals surface area contributed by atoms with Crippen molar-refractivity contribution in [2.24, 2.45) is 0 Å². The van der Waals surface area contributed by atoms with E-state index in [0.717, 1.165) is 5.56 Å². The summed E-state index contributed by atoms with van der Waals surface area (Å²) in [6.45, 7) is 1.18. The van der Waals surface area contributed by atoms with Crippen LogP contribution in [0, 0.1) is 0 Å². The van der Waals surface area contributed by atoms with Gasteiger partial charge in [0.15, 0.2) is 0 Å². The topological polar surface area (TPSA) is 44.4 Å². The summed E-state index contributed by atoms with van der Waals surface area (Å²) < 4.78 is 39.8. The molecule has 0 aromatic heterocycles. The van der Waals surface area contributed by atoms with E-state index in [2.05, 4.69) is 10.6 Å². The zero-order chi connectivity index (χ0) is 18.4. The molecule has 140 valence electrons. The van der Waals surface area contributed by atoms with Crippen molar-refractivity contribution in [1.82, 2.24) is 15.5 Å². The highest BCUT2D eigenvalue weighted by Gasteiger charge is 2.43. The van der Waals surface area contributed by atoms with Crippen LogP contribution in [0.15, 0.2) is 18.2 Å². The van der Waals surface area contributed by atoms with Crippen LogP contribution in [0.4, 0.5) is 13.2 Å². The number of alkyl halides is 3. The Labute approximate surface area is 154 Å². The molecule has 1 unspecified atom stereocenters. The second kappa shape index (κ2) is 9.07. The molecule has 0 spiro atoms. The van der Waals surface area contributed by atoms with Crippen molar-refractivity contribution in [1.29, 1.82) is 0 Å². The summed E-state index contributed by atoms with van der Waals surface area (Å²) >= 11 is 11.8. The van der Waals surface area contributed by atoms with E-state index in [4.69, 9.17) is 23.2 Å². The van der Waals surface area contributed by atoms with Crippen LogP contribution in [0.3, 0.4) is 0 Å². The van der Waals surface area contributed by atoms with E-state index in [1.807, 2.05) is 0 Å². The Morgan fingerprint density at radius 1 is 1.28 bits per heavy atom. The van der Waals surface area contributed by atoms with Crippen molar-refractivity contribution in [3.05, 3.63) is 33.8 Å². The highest BCUT2D eigenvalue weighted by molar-refractivity contribution is 6.35. The van der Waals surface area contributed by atoms with Gasteiger partial charge in [-0.25, -0.2) is 0 Å². The molecule has 1 fully saturated rings. The molecule has 1 heterocycles. The third-order valence-corrected chi connectivity index (χ3v) is 4.69. The van der Waals surface area contributed by atoms with Gasteiger partial charge in [-0.3, -0.25) is 9.69 Å². The SMILES string of the molecule is O=C(CCc1ccc(Cl)cc1Cl)NCC(N1CCNCC1)C(F)(F)F. The van der Waals surface area contributed by atoms with Gasteiger partial charge in [0, 0.05) is 49.2 Å². The minimum Gasteiger partial charge on any atom is -0.354 e. The van der Waals surface area contributed by atoms with Crippen molar-refractivity contribution in [3.8, 4) is 0 Å². The second-order valence-corrected chi connectivity index (χ2v) is 6.73. The number of carbonyl (C=O) groups is 1. The van der Waals surface area contributed by atoms with Crippen molar-refractivity contribution in [2.75, 3.05) is 32.7 Å². The van der Waals surface area contributed by atoms with Gasteiger partial charge in [-0.1, -0.05) is 29.3 Å². The molecule has 1 aromatic rings. The highest BCUT2D eigenvalue weighted by atomic mass is 35.5. The Morgan fingerprint density at radius 3 is 2.56 bits per heavy atom. The smallest absolute Gasteiger partial charge is 0.354 e. The standard InChI is InChI=1S/C16H20Cl2F3N3O/c17-12-3-1-11(13(18)9-12)2-4-15(25)23-10-14(16(19,20)21)24-7-5-22-6-8-24/h1,3,9,14,22H,2,4-8,10H2,(H,23,25). The molecule has 1 aliphatic rings. The lowest BCUT2D eigenvalue weighted by Crippen LogP contribution is -2.57. The third-order valence-electron chi connectivity index (χ3n) is 4.10. The predicted molar refractivity (Wildman–Crippen MR) is 92.1 cm³/mol. The first-order chi connectivity index (χ1) is 11.8. The molecule has 1 aromatic carbocycles. The number of aryl methyl sites for hydroxylation is 1. The number of piperazine rings is 1. The molecule has 2 N–H and O–H groups in total. The van der Waals surface area contributed by atoms with Crippen LogP contribution in [0.25, 0.3) is 0 Å². The number of nitrogens with one attached hydrogen (secondary N) is 2. The number of carbonyl (C=O) groups excluding carboxylic acids is 1. The molecule has 0 radical (unpaired) electrons. The van der Waals surface area contributed by atoms with Crippen molar-refractivity contribution in [3.63, 3.8) is 0 Å². The number of hydrogen-bond donors (Lipinski definition) is 2. The van der Waals surface area contributed by atoms with Gasteiger partial charge in [0.1, 0.15) is 6.04 Å². The summed E-state index contributed by atoms with van der Waals surface area (Å²) in [7, 11) is 0. The maximum Gasteiger partial charge on any atom is 0.405 e. The molecule has 0 bridgehead atoms. The summed E-state index contributed by atoms with van der Waals surface area (Å²) in [6.07, 6.45) is -3.98. The van der Waals surface area contributed by atoms with Gasteiger partial charge in [-0.05, 0) is 24.1 Å². The fourth-order valence-electron chi connectivity index (χ4n) is 2.72. The van der Waals surface area contributed by atoms with Gasteiger partial charge in [0.05, 0.1) is 0 Å². The molecule has 1 atom stereocenters. The number of hydrogen-bond acceptors (Lipinski definition) is 3. The minimum atomic E-state index is -4.38. The van der Waals surface area contributed by atoms with Crippen LogP contribution >= 0.6 is 23.2 Å². The molecule has 1 aliphatic heterocycles. The first kappa shape index (κ1) is 20.3. The molecule has 0 aliphatic carbocycles. The molecule has 2 rings (SSSR count). The third kappa shape index (κ3) is 6.33. The Hall–Kier alpha value is -1.02. The number of halogens is 5. The van der Waals surface area contributed by atoms with Crippen LogP contribution in [0.5, 0.6) is 0 Å². The van der Waals surface area contributed by atoms with E-state index in [9.17, 15) is 18.0 Å². The Bertz CT molecular complexity index is 592. The molecular weight excluding hydrogens is 378 g/mol. The fourth-order valence-corrected chi connectivity index (χ4v) is 3.22. The first-order valence-electron chi connectivity index (χ1n) is 7.99. The number of rotatable bonds is 6. The average molecular weight is 398 g/mol. The lowest BCUT2D eigenvalue weighted by molar-refractivity contribution is -0.184. The van der Waals surface area contributed by atoms with Crippen LogP contribution in [-0.4, -0.2) is 55.7 Å². The van der Waals surface area contributed by atoms with Crippen LogP contribution < -0.4 is 10.6 Å². The maximum atomic E-state index is 13.3. The van der Waals surface area contributed by atoms with Crippen LogP contribution in [0.1, 0.15) is 12.0 Å². The van der Waals surface area contributed by atoms with E-state index in [1.165, 1.54) is 4.90 Å². The fraction of sp³-hybridized carbons (Fsp3) is 0.562. The summed E-state index contributed by atoms with van der Waals surface area (Å²) in [5.74, 6) is -0.435. The summed E-state index contributed by atoms with van der Waals surface area (Å²) in [4.78, 5) is 13.3. The molecule has 9 heteroatoms. The highest BCUT2D eigenvalue weighted by Crippen LogP contribution is 2.25. The van der Waals surface area contributed by atoms with Gasteiger partial charge in [-0.15, -0.1) is 0 Å². The monoisotopic (exact) mass is 397 g/mol. The molecular formula is C16H20Cl2F3N3O. The van der Waals surface area contributed by atoms with Crippen LogP contribution in [-0.2, 0) is 11.2 Å². The Balaban J connectivity index is 1.85. The maximum absolute atomic E-state index is 13.3. The normalized spacial score (nSPS) is 17.3. The number of nitrogens with zero attached hydrogens (tertiary/aromatic N) is 1. The van der Waals surface area contributed by atoms with Gasteiger partial charge >= 0.3 is 6.18 Å². The zero-order valence-electron chi connectivity index (χ0n) is 13.5. The Kier molecular flexibility index (Phi) is 7.37. The van der Waals surface area contributed by atoms with E-state index < -0.39 is 24.7 Å². The number of benzene rings is 1. The molecule has 1 amide bonds. The average Bonchev–Trinajstić information content (AvgIpc) is 2.54. The van der Waals surface area contributed by atoms with E-state index >= 15 is 0 Å². The summed E-state index contributed by atoms with van der Waals surface area (Å²) in [5.41, 5.74) is 0.732. The number of amides is 1. The largest absolute Gasteiger partial charge is 0.405 e. The second-order valence-electron chi connectivity index (χ2n) is 5.88. The summed E-state index contributed by atoms with van der Waals surface area (Å²) in [5, 5.41) is 6.34. The Morgan fingerprint density at radius 2 is 1.96 bits per heavy atom. The van der Waals surface area contributed by atoms with E-state index in [0.29, 0.717) is 42.6 Å². The van der Waals surface area contributed by atoms with E-state index in [1.54, 1.807) is 18.2 Å². The molecule has 0 saturated carbocycles. The van der Waals surface area contributed by atoms with Crippen molar-refractivity contribution < 1.29 is 18.0 Å². The quantitative estimate of drug-likeness (QED) is 0.775. The molecule has 4 nitrogen and oxygen atoms in total. The lowest BCUT2D eigenvalue weighted by atomic mass is 10.1. The first-order valence-corrected chi connectivity index (χ1v) is 8.75. The van der Waals surface area contributed by atoms with Gasteiger partial charge in [0.2, 0.25) is 5.91 Å². The van der Waals surface area contributed by atoms with E-state index in [-0.39, 0.29) is 6.42 Å². The van der Waals surface area contributed by atoms with Gasteiger partial charge in [0.25, 0.3) is 0 Å². The van der Waals surface area contributed by atoms with Crippen LogP contribution in [0.2, 0.25) is 10.0 Å². The van der Waals surface area contributed by atoms with Crippen molar-refractivity contribution >= 4 is 29.1 Å². The summed E-state index contributed by atoms with van der Waals surface area (Å²) in [6, 6.07) is 3.26. The lowest BCUT2D eigenvalue weighted by Gasteiger charge is -2.35. The molecule has 1 saturated heterocycles. The molecule has 25 heavy (non-hydrogen) atoms. The van der Waals surface area contributed by atoms with Crippen molar-refractivity contribution in [2.45, 2.75) is 25.1 Å². The predicted octanol–water partition coefficient (Wildman–Crippen LogP) is 2.88. The van der Waals surface area contributed by atoms with Gasteiger partial charge in [-0.2, -0.15) is 13.2 Å². The van der Waals surface area contributed by atoms with Gasteiger partial charge < -0.3 is 10.6 Å². The zero-order valence-corrected chi connectivity index (χ0v) is 15.0.